The number of nitrogens with two attached hydrogens (primary N) is 1. The number of anilines is 1. The van der Waals surface area contributed by atoms with Crippen molar-refractivity contribution in [3.05, 3.63) is 23.8 Å². The average Bonchev–Trinajstić information content (AvgIpc) is 2.42. The van der Waals surface area contributed by atoms with Crippen LogP contribution in [0.4, 0.5) is 5.69 Å². The van der Waals surface area contributed by atoms with Gasteiger partial charge in [-0.3, -0.25) is 4.79 Å². The van der Waals surface area contributed by atoms with Crippen LogP contribution < -0.4 is 15.8 Å². The Morgan fingerprint density at radius 2 is 2.15 bits per heavy atom. The zero-order chi connectivity index (χ0) is 14.5. The van der Waals surface area contributed by atoms with Crippen molar-refractivity contribution in [2.75, 3.05) is 12.3 Å². The fraction of sp³-hybridized carbons (Fsp3) is 0.562. The van der Waals surface area contributed by atoms with Crippen molar-refractivity contribution in [2.24, 2.45) is 5.92 Å². The fourth-order valence-electron chi connectivity index (χ4n) is 2.84. The Balaban J connectivity index is 2.16. The quantitative estimate of drug-likeness (QED) is 0.831. The number of rotatable bonds is 4. The molecule has 20 heavy (non-hydrogen) atoms. The maximum absolute atomic E-state index is 12.5. The molecule has 0 heterocycles. The Morgan fingerprint density at radius 1 is 1.40 bits per heavy atom. The van der Waals surface area contributed by atoms with Gasteiger partial charge in [0.05, 0.1) is 6.61 Å². The van der Waals surface area contributed by atoms with E-state index in [1.807, 2.05) is 6.92 Å². The highest BCUT2D eigenvalue weighted by molar-refractivity contribution is 6.02. The van der Waals surface area contributed by atoms with E-state index < -0.39 is 0 Å². The fourth-order valence-corrected chi connectivity index (χ4v) is 2.84. The van der Waals surface area contributed by atoms with E-state index in [1.165, 1.54) is 19.3 Å². The lowest BCUT2D eigenvalue weighted by Crippen LogP contribution is -2.41. The molecule has 1 aliphatic rings. The molecule has 1 fully saturated rings. The SMILES string of the molecule is CCOc1cccc(N)c1C(=O)NC1CCCCC1C. The van der Waals surface area contributed by atoms with Crippen LogP contribution in [-0.2, 0) is 0 Å². The zero-order valence-corrected chi connectivity index (χ0v) is 12.3. The van der Waals surface area contributed by atoms with Crippen molar-refractivity contribution in [1.29, 1.82) is 0 Å². The molecule has 3 N–H and O–H groups in total. The predicted molar refractivity (Wildman–Crippen MR) is 80.9 cm³/mol. The monoisotopic (exact) mass is 276 g/mol. The summed E-state index contributed by atoms with van der Waals surface area (Å²) < 4.78 is 5.51. The van der Waals surface area contributed by atoms with Gasteiger partial charge < -0.3 is 15.8 Å². The predicted octanol–water partition coefficient (Wildman–Crippen LogP) is 2.98. The lowest BCUT2D eigenvalue weighted by Gasteiger charge is -2.29. The number of nitrogens with one attached hydrogen (secondary N) is 1. The summed E-state index contributed by atoms with van der Waals surface area (Å²) in [5, 5.41) is 3.13. The highest BCUT2D eigenvalue weighted by Crippen LogP contribution is 2.27. The van der Waals surface area contributed by atoms with Crippen LogP contribution in [0.2, 0.25) is 0 Å². The highest BCUT2D eigenvalue weighted by Gasteiger charge is 2.25. The molecule has 2 unspecified atom stereocenters. The third-order valence-electron chi connectivity index (χ3n) is 4.01. The van der Waals surface area contributed by atoms with Crippen LogP contribution in [0.3, 0.4) is 0 Å². The van der Waals surface area contributed by atoms with E-state index in [4.69, 9.17) is 10.5 Å². The van der Waals surface area contributed by atoms with Crippen LogP contribution in [0.25, 0.3) is 0 Å². The molecule has 1 aliphatic carbocycles. The van der Waals surface area contributed by atoms with E-state index in [0.717, 1.165) is 6.42 Å². The van der Waals surface area contributed by atoms with Crippen LogP contribution in [0.1, 0.15) is 49.9 Å². The van der Waals surface area contributed by atoms with Crippen molar-refractivity contribution in [3.63, 3.8) is 0 Å². The lowest BCUT2D eigenvalue weighted by atomic mass is 9.86. The normalized spacial score (nSPS) is 22.3. The summed E-state index contributed by atoms with van der Waals surface area (Å²) in [7, 11) is 0. The van der Waals surface area contributed by atoms with Crippen LogP contribution in [0, 0.1) is 5.92 Å². The molecule has 1 amide bonds. The van der Waals surface area contributed by atoms with Crippen molar-refractivity contribution < 1.29 is 9.53 Å². The number of carbonyl (C=O) groups excluding carboxylic acids is 1. The van der Waals surface area contributed by atoms with Crippen molar-refractivity contribution in [2.45, 2.75) is 45.6 Å². The molecule has 0 radical (unpaired) electrons. The number of benzene rings is 1. The van der Waals surface area contributed by atoms with Crippen LogP contribution >= 0.6 is 0 Å². The second kappa shape index (κ2) is 6.64. The smallest absolute Gasteiger partial charge is 0.257 e. The first-order valence-corrected chi connectivity index (χ1v) is 7.45. The molecule has 1 aromatic rings. The van der Waals surface area contributed by atoms with Crippen molar-refractivity contribution >= 4 is 11.6 Å². The maximum atomic E-state index is 12.5. The Morgan fingerprint density at radius 3 is 2.85 bits per heavy atom. The first kappa shape index (κ1) is 14.7. The van der Waals surface area contributed by atoms with E-state index in [1.54, 1.807) is 18.2 Å². The summed E-state index contributed by atoms with van der Waals surface area (Å²) in [5.74, 6) is 0.965. The standard InChI is InChI=1S/C16H24N2O2/c1-3-20-14-10-6-8-12(17)15(14)16(19)18-13-9-5-4-7-11(13)2/h6,8,10-11,13H,3-5,7,9,17H2,1-2H3,(H,18,19). The zero-order valence-electron chi connectivity index (χ0n) is 12.3. The summed E-state index contributed by atoms with van der Waals surface area (Å²) in [4.78, 5) is 12.5. The van der Waals surface area contributed by atoms with Gasteiger partial charge in [-0.25, -0.2) is 0 Å². The first-order valence-electron chi connectivity index (χ1n) is 7.45. The van der Waals surface area contributed by atoms with Crippen LogP contribution in [-0.4, -0.2) is 18.6 Å². The van der Waals surface area contributed by atoms with Gasteiger partial charge in [0, 0.05) is 11.7 Å². The number of hydrogen-bond donors (Lipinski definition) is 2. The number of amides is 1. The minimum atomic E-state index is -0.120. The van der Waals surface area contributed by atoms with Gasteiger partial charge in [-0.15, -0.1) is 0 Å². The molecule has 4 nitrogen and oxygen atoms in total. The lowest BCUT2D eigenvalue weighted by molar-refractivity contribution is 0.0907. The molecule has 0 aromatic heterocycles. The summed E-state index contributed by atoms with van der Waals surface area (Å²) in [6.45, 7) is 4.61. The highest BCUT2D eigenvalue weighted by atomic mass is 16.5. The largest absolute Gasteiger partial charge is 0.493 e. The second-order valence-corrected chi connectivity index (χ2v) is 5.50. The summed E-state index contributed by atoms with van der Waals surface area (Å²) in [6.07, 6.45) is 4.65. The molecule has 0 saturated heterocycles. The number of carbonyl (C=O) groups is 1. The van der Waals surface area contributed by atoms with E-state index in [9.17, 15) is 4.79 Å². The second-order valence-electron chi connectivity index (χ2n) is 5.50. The minimum Gasteiger partial charge on any atom is -0.493 e. The number of ether oxygens (including phenoxy) is 1. The number of hydrogen-bond acceptors (Lipinski definition) is 3. The van der Waals surface area contributed by atoms with Crippen LogP contribution in [0.15, 0.2) is 18.2 Å². The molecule has 1 aromatic carbocycles. The van der Waals surface area contributed by atoms with Gasteiger partial charge in [-0.2, -0.15) is 0 Å². The molecule has 2 atom stereocenters. The topological polar surface area (TPSA) is 64.3 Å². The number of nitrogen functional groups attached to an aromatic ring is 1. The Bertz CT molecular complexity index is 474. The molecule has 110 valence electrons. The Labute approximate surface area is 120 Å². The molecular formula is C16H24N2O2. The third-order valence-corrected chi connectivity index (χ3v) is 4.01. The van der Waals surface area contributed by atoms with Gasteiger partial charge >= 0.3 is 0 Å². The van der Waals surface area contributed by atoms with E-state index >= 15 is 0 Å². The van der Waals surface area contributed by atoms with Gasteiger partial charge in [-0.05, 0) is 37.8 Å². The maximum Gasteiger partial charge on any atom is 0.257 e. The summed E-state index contributed by atoms with van der Waals surface area (Å²) >= 11 is 0. The summed E-state index contributed by atoms with van der Waals surface area (Å²) in [5.41, 5.74) is 6.89. The van der Waals surface area contributed by atoms with Crippen molar-refractivity contribution in [3.8, 4) is 5.75 Å². The van der Waals surface area contributed by atoms with Gasteiger partial charge in [0.1, 0.15) is 11.3 Å². The molecule has 0 spiro atoms. The van der Waals surface area contributed by atoms with E-state index in [-0.39, 0.29) is 11.9 Å². The Hall–Kier alpha value is -1.71. The van der Waals surface area contributed by atoms with Gasteiger partial charge in [-0.1, -0.05) is 25.8 Å². The average molecular weight is 276 g/mol. The van der Waals surface area contributed by atoms with E-state index in [2.05, 4.69) is 12.2 Å². The van der Waals surface area contributed by atoms with Crippen molar-refractivity contribution in [1.82, 2.24) is 5.32 Å². The molecule has 1 saturated carbocycles. The molecule has 0 bridgehead atoms. The Kier molecular flexibility index (Phi) is 4.88. The van der Waals surface area contributed by atoms with Crippen LogP contribution in [0.5, 0.6) is 5.75 Å². The van der Waals surface area contributed by atoms with E-state index in [0.29, 0.717) is 29.5 Å². The third kappa shape index (κ3) is 3.24. The molecule has 2 rings (SSSR count). The molecule has 4 heteroatoms. The van der Waals surface area contributed by atoms with Gasteiger partial charge in [0.15, 0.2) is 0 Å². The minimum absolute atomic E-state index is 0.120. The molecular weight excluding hydrogens is 252 g/mol. The summed E-state index contributed by atoms with van der Waals surface area (Å²) in [6, 6.07) is 5.58. The molecule has 0 aliphatic heterocycles. The first-order chi connectivity index (χ1) is 9.63. The van der Waals surface area contributed by atoms with Gasteiger partial charge in [0.25, 0.3) is 5.91 Å². The van der Waals surface area contributed by atoms with Gasteiger partial charge in [0.2, 0.25) is 0 Å².